The van der Waals surface area contributed by atoms with E-state index in [2.05, 4.69) is 62.5 Å². The van der Waals surface area contributed by atoms with Gasteiger partial charge in [-0.05, 0) is 28.5 Å². The smallest absolute Gasteiger partial charge is 0.0830 e. The summed E-state index contributed by atoms with van der Waals surface area (Å²) in [5, 5.41) is 9.38. The van der Waals surface area contributed by atoms with Gasteiger partial charge >= 0.3 is 0 Å². The molecule has 0 amide bonds. The Balaban J connectivity index is 1.36. The van der Waals surface area contributed by atoms with Crippen LogP contribution >= 0.6 is 0 Å². The van der Waals surface area contributed by atoms with E-state index in [1.165, 1.54) is 16.3 Å². The predicted octanol–water partition coefficient (Wildman–Crippen LogP) is 3.39. The number of benzene rings is 2. The van der Waals surface area contributed by atoms with Crippen molar-refractivity contribution in [1.82, 2.24) is 14.9 Å². The normalized spacial score (nSPS) is 15.9. The molecule has 1 aromatic heterocycles. The Bertz CT molecular complexity index is 847. The first-order chi connectivity index (χ1) is 12.4. The molecule has 1 aliphatic heterocycles. The SMILES string of the molecule is C(=NN1CCN(Cc2cccc3ccccc23)CC1)c1ccccn1. The predicted molar refractivity (Wildman–Crippen MR) is 103 cm³/mol. The van der Waals surface area contributed by atoms with E-state index in [-0.39, 0.29) is 0 Å². The summed E-state index contributed by atoms with van der Waals surface area (Å²) in [5.74, 6) is 0. The third-order valence-corrected chi connectivity index (χ3v) is 4.66. The summed E-state index contributed by atoms with van der Waals surface area (Å²) in [6.45, 7) is 4.97. The Hall–Kier alpha value is -2.72. The number of fused-ring (bicyclic) bond motifs is 1. The van der Waals surface area contributed by atoms with E-state index < -0.39 is 0 Å². The second-order valence-corrected chi connectivity index (χ2v) is 6.37. The first kappa shape index (κ1) is 15.8. The Labute approximate surface area is 148 Å². The molecule has 4 heteroatoms. The topological polar surface area (TPSA) is 31.7 Å². The monoisotopic (exact) mass is 330 g/mol. The highest BCUT2D eigenvalue weighted by Gasteiger charge is 2.16. The van der Waals surface area contributed by atoms with Crippen LogP contribution in [0.4, 0.5) is 0 Å². The van der Waals surface area contributed by atoms with Crippen LogP contribution in [-0.2, 0) is 6.54 Å². The standard InChI is InChI=1S/C21H22N4/c1-2-10-21-18(6-1)7-5-8-19(21)17-24-12-14-25(15-13-24)23-16-20-9-3-4-11-22-20/h1-11,16H,12-15,17H2. The van der Waals surface area contributed by atoms with Crippen LogP contribution in [0, 0.1) is 0 Å². The van der Waals surface area contributed by atoms with Gasteiger partial charge in [0.1, 0.15) is 0 Å². The Morgan fingerprint density at radius 3 is 2.52 bits per heavy atom. The van der Waals surface area contributed by atoms with Crippen molar-refractivity contribution in [3.63, 3.8) is 0 Å². The van der Waals surface area contributed by atoms with Gasteiger partial charge in [0.05, 0.1) is 11.9 Å². The van der Waals surface area contributed by atoms with Crippen molar-refractivity contribution in [2.24, 2.45) is 5.10 Å². The van der Waals surface area contributed by atoms with E-state index in [0.29, 0.717) is 0 Å². The van der Waals surface area contributed by atoms with Gasteiger partial charge in [0, 0.05) is 38.9 Å². The summed E-state index contributed by atoms with van der Waals surface area (Å²) in [4.78, 5) is 6.78. The quantitative estimate of drug-likeness (QED) is 0.687. The van der Waals surface area contributed by atoms with Gasteiger partial charge < -0.3 is 0 Å². The van der Waals surface area contributed by atoms with E-state index in [1.807, 2.05) is 24.4 Å². The highest BCUT2D eigenvalue weighted by atomic mass is 15.5. The summed E-state index contributed by atoms with van der Waals surface area (Å²) in [6, 6.07) is 21.1. The third kappa shape index (κ3) is 3.86. The van der Waals surface area contributed by atoms with Gasteiger partial charge in [0.25, 0.3) is 0 Å². The molecule has 0 bridgehead atoms. The molecule has 0 atom stereocenters. The van der Waals surface area contributed by atoms with E-state index in [9.17, 15) is 0 Å². The van der Waals surface area contributed by atoms with Crippen molar-refractivity contribution >= 4 is 17.0 Å². The second kappa shape index (κ2) is 7.45. The molecule has 0 saturated carbocycles. The summed E-state index contributed by atoms with van der Waals surface area (Å²) >= 11 is 0. The van der Waals surface area contributed by atoms with Crippen LogP contribution in [0.15, 0.2) is 72.0 Å². The molecule has 0 radical (unpaired) electrons. The minimum absolute atomic E-state index is 0.903. The second-order valence-electron chi connectivity index (χ2n) is 6.37. The molecule has 0 aliphatic carbocycles. The van der Waals surface area contributed by atoms with Crippen LogP contribution in [0.25, 0.3) is 10.8 Å². The fraction of sp³-hybridized carbons (Fsp3) is 0.238. The minimum Gasteiger partial charge on any atom is -0.295 e. The molecule has 25 heavy (non-hydrogen) atoms. The van der Waals surface area contributed by atoms with Crippen LogP contribution in [0.2, 0.25) is 0 Å². The van der Waals surface area contributed by atoms with Gasteiger partial charge in [-0.15, -0.1) is 0 Å². The number of hydrogen-bond donors (Lipinski definition) is 0. The van der Waals surface area contributed by atoms with Gasteiger partial charge in [-0.2, -0.15) is 5.10 Å². The molecule has 0 unspecified atom stereocenters. The first-order valence-electron chi connectivity index (χ1n) is 8.77. The van der Waals surface area contributed by atoms with E-state index >= 15 is 0 Å². The van der Waals surface area contributed by atoms with Gasteiger partial charge in [0.2, 0.25) is 0 Å². The van der Waals surface area contributed by atoms with Gasteiger partial charge in [0.15, 0.2) is 0 Å². The summed E-state index contributed by atoms with van der Waals surface area (Å²) in [6.07, 6.45) is 3.64. The number of aromatic nitrogens is 1. The Kier molecular flexibility index (Phi) is 4.70. The maximum absolute atomic E-state index is 4.56. The Morgan fingerprint density at radius 2 is 1.68 bits per heavy atom. The highest BCUT2D eigenvalue weighted by molar-refractivity contribution is 5.85. The molecular formula is C21H22N4. The number of piperazine rings is 1. The lowest BCUT2D eigenvalue weighted by molar-refractivity contribution is 0.131. The fourth-order valence-electron chi connectivity index (χ4n) is 3.28. The zero-order chi connectivity index (χ0) is 16.9. The maximum Gasteiger partial charge on any atom is 0.0830 e. The van der Waals surface area contributed by atoms with Crippen molar-refractivity contribution in [2.45, 2.75) is 6.54 Å². The first-order valence-corrected chi connectivity index (χ1v) is 8.77. The lowest BCUT2D eigenvalue weighted by Crippen LogP contribution is -2.43. The number of hydrogen-bond acceptors (Lipinski definition) is 4. The van der Waals surface area contributed by atoms with E-state index in [1.54, 1.807) is 6.20 Å². The van der Waals surface area contributed by atoms with Crippen LogP contribution in [-0.4, -0.2) is 47.3 Å². The number of nitrogens with zero attached hydrogens (tertiary/aromatic N) is 4. The van der Waals surface area contributed by atoms with Crippen molar-refractivity contribution in [3.05, 3.63) is 78.1 Å². The van der Waals surface area contributed by atoms with Gasteiger partial charge in [-0.25, -0.2) is 0 Å². The molecule has 126 valence electrons. The molecule has 1 fully saturated rings. The molecule has 4 nitrogen and oxygen atoms in total. The molecule has 1 saturated heterocycles. The molecule has 1 aliphatic rings. The van der Waals surface area contributed by atoms with E-state index in [0.717, 1.165) is 38.4 Å². The van der Waals surface area contributed by atoms with Crippen LogP contribution in [0.3, 0.4) is 0 Å². The van der Waals surface area contributed by atoms with Crippen molar-refractivity contribution in [2.75, 3.05) is 26.2 Å². The lowest BCUT2D eigenvalue weighted by atomic mass is 10.0. The molecule has 2 heterocycles. The van der Waals surface area contributed by atoms with Crippen molar-refractivity contribution < 1.29 is 0 Å². The van der Waals surface area contributed by atoms with Crippen LogP contribution in [0.1, 0.15) is 11.3 Å². The molecule has 3 aromatic rings. The lowest BCUT2D eigenvalue weighted by Gasteiger charge is -2.33. The summed E-state index contributed by atoms with van der Waals surface area (Å²) in [5.41, 5.74) is 2.31. The van der Waals surface area contributed by atoms with Crippen LogP contribution in [0.5, 0.6) is 0 Å². The summed E-state index contributed by atoms with van der Waals surface area (Å²) < 4.78 is 0. The summed E-state index contributed by atoms with van der Waals surface area (Å²) in [7, 11) is 0. The number of rotatable bonds is 4. The molecule has 4 rings (SSSR count). The Morgan fingerprint density at radius 1 is 0.880 bits per heavy atom. The highest BCUT2D eigenvalue weighted by Crippen LogP contribution is 2.20. The average Bonchev–Trinajstić information content (AvgIpc) is 2.69. The van der Waals surface area contributed by atoms with Crippen LogP contribution < -0.4 is 0 Å². The minimum atomic E-state index is 0.903. The zero-order valence-corrected chi connectivity index (χ0v) is 14.3. The molecule has 2 aromatic carbocycles. The van der Waals surface area contributed by atoms with Crippen molar-refractivity contribution in [3.8, 4) is 0 Å². The average molecular weight is 330 g/mol. The molecular weight excluding hydrogens is 308 g/mol. The largest absolute Gasteiger partial charge is 0.295 e. The van der Waals surface area contributed by atoms with Crippen molar-refractivity contribution in [1.29, 1.82) is 0 Å². The number of pyridine rings is 1. The van der Waals surface area contributed by atoms with Gasteiger partial charge in [-0.3, -0.25) is 14.9 Å². The molecule has 0 N–H and O–H groups in total. The maximum atomic E-state index is 4.56. The molecule has 0 spiro atoms. The van der Waals surface area contributed by atoms with E-state index in [4.69, 9.17) is 0 Å². The third-order valence-electron chi connectivity index (χ3n) is 4.66. The number of hydrazone groups is 1. The fourth-order valence-corrected chi connectivity index (χ4v) is 3.28. The zero-order valence-electron chi connectivity index (χ0n) is 14.3. The van der Waals surface area contributed by atoms with Gasteiger partial charge in [-0.1, -0.05) is 48.5 Å².